The van der Waals surface area contributed by atoms with Crippen LogP contribution in [-0.4, -0.2) is 27.4 Å². The van der Waals surface area contributed by atoms with Gasteiger partial charge in [0.05, 0.1) is 6.61 Å². The third-order valence-electron chi connectivity index (χ3n) is 2.78. The summed E-state index contributed by atoms with van der Waals surface area (Å²) in [6, 6.07) is 8.68. The fraction of sp³-hybridized carbons (Fsp3) is 0.571. The molecule has 96 valence electrons. The van der Waals surface area contributed by atoms with Crippen LogP contribution in [0.4, 0.5) is 0 Å². The molecule has 1 rings (SSSR count). The van der Waals surface area contributed by atoms with Crippen LogP contribution in [0, 0.1) is 0 Å². The smallest absolute Gasteiger partial charge is 0.119 e. The molecule has 3 heteroatoms. The molecule has 0 aliphatic heterocycles. The SMILES string of the molecule is CCC(NC)c1cccc(OCCCOC)c1. The fourth-order valence-corrected chi connectivity index (χ4v) is 1.82. The van der Waals surface area contributed by atoms with E-state index in [1.54, 1.807) is 7.11 Å². The maximum atomic E-state index is 5.68. The molecule has 1 aromatic rings. The highest BCUT2D eigenvalue weighted by Crippen LogP contribution is 2.21. The van der Waals surface area contributed by atoms with Crippen LogP contribution in [0.2, 0.25) is 0 Å². The molecule has 1 unspecified atom stereocenters. The van der Waals surface area contributed by atoms with Crippen molar-refractivity contribution < 1.29 is 9.47 Å². The Morgan fingerprint density at radius 2 is 2.12 bits per heavy atom. The minimum atomic E-state index is 0.400. The summed E-state index contributed by atoms with van der Waals surface area (Å²) in [6.07, 6.45) is 1.99. The van der Waals surface area contributed by atoms with Gasteiger partial charge in [0.15, 0.2) is 0 Å². The molecule has 0 saturated heterocycles. The first-order chi connectivity index (χ1) is 8.31. The summed E-state index contributed by atoms with van der Waals surface area (Å²) in [6.45, 7) is 3.62. The average molecular weight is 237 g/mol. The van der Waals surface area contributed by atoms with Crippen molar-refractivity contribution in [1.82, 2.24) is 5.32 Å². The molecular formula is C14H23NO2. The minimum Gasteiger partial charge on any atom is -0.493 e. The van der Waals surface area contributed by atoms with Gasteiger partial charge >= 0.3 is 0 Å². The number of benzene rings is 1. The highest BCUT2D eigenvalue weighted by atomic mass is 16.5. The zero-order chi connectivity index (χ0) is 12.5. The summed E-state index contributed by atoms with van der Waals surface area (Å²) in [5.41, 5.74) is 1.28. The first kappa shape index (κ1) is 14.0. The van der Waals surface area contributed by atoms with Crippen molar-refractivity contribution in [2.24, 2.45) is 0 Å². The second-order valence-corrected chi connectivity index (χ2v) is 4.02. The van der Waals surface area contributed by atoms with E-state index in [-0.39, 0.29) is 0 Å². The van der Waals surface area contributed by atoms with Gasteiger partial charge in [-0.1, -0.05) is 19.1 Å². The molecular weight excluding hydrogens is 214 g/mol. The lowest BCUT2D eigenvalue weighted by molar-refractivity contribution is 0.172. The monoisotopic (exact) mass is 237 g/mol. The maximum absolute atomic E-state index is 5.68. The predicted octanol–water partition coefficient (Wildman–Crippen LogP) is 2.77. The molecule has 0 heterocycles. The van der Waals surface area contributed by atoms with Crippen LogP contribution in [-0.2, 0) is 4.74 Å². The summed E-state index contributed by atoms with van der Waals surface area (Å²) in [5, 5.41) is 3.30. The van der Waals surface area contributed by atoms with E-state index in [0.29, 0.717) is 12.6 Å². The number of methoxy groups -OCH3 is 1. The van der Waals surface area contributed by atoms with Gasteiger partial charge < -0.3 is 14.8 Å². The topological polar surface area (TPSA) is 30.5 Å². The second-order valence-electron chi connectivity index (χ2n) is 4.02. The van der Waals surface area contributed by atoms with Crippen molar-refractivity contribution in [3.63, 3.8) is 0 Å². The molecule has 0 bridgehead atoms. The van der Waals surface area contributed by atoms with Gasteiger partial charge in [0.25, 0.3) is 0 Å². The normalized spacial score (nSPS) is 12.4. The van der Waals surface area contributed by atoms with Crippen LogP contribution in [0.1, 0.15) is 31.4 Å². The Morgan fingerprint density at radius 1 is 1.29 bits per heavy atom. The molecule has 0 aliphatic carbocycles. The highest BCUT2D eigenvalue weighted by Gasteiger charge is 2.06. The maximum Gasteiger partial charge on any atom is 0.119 e. The van der Waals surface area contributed by atoms with Gasteiger partial charge in [0.2, 0.25) is 0 Å². The number of hydrogen-bond donors (Lipinski definition) is 1. The van der Waals surface area contributed by atoms with Crippen molar-refractivity contribution in [1.29, 1.82) is 0 Å². The van der Waals surface area contributed by atoms with Crippen molar-refractivity contribution in [2.45, 2.75) is 25.8 Å². The fourth-order valence-electron chi connectivity index (χ4n) is 1.82. The summed E-state index contributed by atoms with van der Waals surface area (Å²) in [4.78, 5) is 0. The molecule has 0 aromatic heterocycles. The summed E-state index contributed by atoms with van der Waals surface area (Å²) >= 11 is 0. The van der Waals surface area contributed by atoms with Crippen LogP contribution >= 0.6 is 0 Å². The van der Waals surface area contributed by atoms with E-state index < -0.39 is 0 Å². The molecule has 0 saturated carbocycles. The van der Waals surface area contributed by atoms with Crippen LogP contribution < -0.4 is 10.1 Å². The van der Waals surface area contributed by atoms with Crippen LogP contribution in [0.5, 0.6) is 5.75 Å². The van der Waals surface area contributed by atoms with E-state index in [9.17, 15) is 0 Å². The Kier molecular flexibility index (Phi) is 6.67. The summed E-state index contributed by atoms with van der Waals surface area (Å²) in [7, 11) is 3.69. The Morgan fingerprint density at radius 3 is 2.76 bits per heavy atom. The Bertz CT molecular complexity index is 311. The molecule has 0 amide bonds. The summed E-state index contributed by atoms with van der Waals surface area (Å²) in [5.74, 6) is 0.937. The Hall–Kier alpha value is -1.06. The van der Waals surface area contributed by atoms with Gasteiger partial charge in [-0.05, 0) is 31.2 Å². The Labute approximate surface area is 104 Å². The lowest BCUT2D eigenvalue weighted by Gasteiger charge is -2.15. The third kappa shape index (κ3) is 4.75. The minimum absolute atomic E-state index is 0.400. The molecule has 0 radical (unpaired) electrons. The number of ether oxygens (including phenoxy) is 2. The highest BCUT2D eigenvalue weighted by molar-refractivity contribution is 5.30. The zero-order valence-corrected chi connectivity index (χ0v) is 11.0. The van der Waals surface area contributed by atoms with E-state index in [4.69, 9.17) is 9.47 Å². The molecule has 1 N–H and O–H groups in total. The van der Waals surface area contributed by atoms with Gasteiger partial charge in [-0.15, -0.1) is 0 Å². The molecule has 17 heavy (non-hydrogen) atoms. The van der Waals surface area contributed by atoms with Crippen LogP contribution in [0.25, 0.3) is 0 Å². The van der Waals surface area contributed by atoms with E-state index >= 15 is 0 Å². The van der Waals surface area contributed by atoms with Crippen molar-refractivity contribution >= 4 is 0 Å². The number of hydrogen-bond acceptors (Lipinski definition) is 3. The molecule has 0 fully saturated rings. The zero-order valence-electron chi connectivity index (χ0n) is 11.0. The van der Waals surface area contributed by atoms with Crippen molar-refractivity contribution in [2.75, 3.05) is 27.4 Å². The first-order valence-corrected chi connectivity index (χ1v) is 6.20. The van der Waals surface area contributed by atoms with Crippen molar-refractivity contribution in [3.8, 4) is 5.75 Å². The van der Waals surface area contributed by atoms with Crippen molar-refractivity contribution in [3.05, 3.63) is 29.8 Å². The van der Waals surface area contributed by atoms with Crippen LogP contribution in [0.3, 0.4) is 0 Å². The average Bonchev–Trinajstić information content (AvgIpc) is 2.37. The molecule has 1 aromatic carbocycles. The summed E-state index contributed by atoms with van der Waals surface area (Å²) < 4.78 is 10.7. The Balaban J connectivity index is 2.53. The van der Waals surface area contributed by atoms with Gasteiger partial charge in [-0.3, -0.25) is 0 Å². The molecule has 0 aliphatic rings. The standard InChI is InChI=1S/C14H23NO2/c1-4-14(15-2)12-7-5-8-13(11-12)17-10-6-9-16-3/h5,7-8,11,14-15H,4,6,9-10H2,1-3H3. The van der Waals surface area contributed by atoms with Gasteiger partial charge in [-0.2, -0.15) is 0 Å². The van der Waals surface area contributed by atoms with Crippen LogP contribution in [0.15, 0.2) is 24.3 Å². The number of nitrogens with one attached hydrogen (secondary N) is 1. The van der Waals surface area contributed by atoms with Gasteiger partial charge in [0, 0.05) is 26.2 Å². The van der Waals surface area contributed by atoms with Gasteiger partial charge in [0.1, 0.15) is 5.75 Å². The molecule has 0 spiro atoms. The van der Waals surface area contributed by atoms with E-state index in [0.717, 1.165) is 25.2 Å². The predicted molar refractivity (Wildman–Crippen MR) is 70.5 cm³/mol. The second kappa shape index (κ2) is 8.09. The largest absolute Gasteiger partial charge is 0.493 e. The number of rotatable bonds is 8. The first-order valence-electron chi connectivity index (χ1n) is 6.20. The lowest BCUT2D eigenvalue weighted by Crippen LogP contribution is -2.15. The van der Waals surface area contributed by atoms with E-state index in [1.165, 1.54) is 5.56 Å². The third-order valence-corrected chi connectivity index (χ3v) is 2.78. The lowest BCUT2D eigenvalue weighted by atomic mass is 10.0. The van der Waals surface area contributed by atoms with Gasteiger partial charge in [-0.25, -0.2) is 0 Å². The van der Waals surface area contributed by atoms with E-state index in [1.807, 2.05) is 19.2 Å². The molecule has 3 nitrogen and oxygen atoms in total. The quantitative estimate of drug-likeness (QED) is 0.705. The van der Waals surface area contributed by atoms with E-state index in [2.05, 4.69) is 24.4 Å². The molecule has 1 atom stereocenters.